The number of hydrogen-bond donors (Lipinski definition) is 1. The van der Waals surface area contributed by atoms with Gasteiger partial charge in [0, 0.05) is 25.2 Å². The number of halogens is 3. The van der Waals surface area contributed by atoms with Crippen molar-refractivity contribution in [2.75, 3.05) is 17.2 Å². The van der Waals surface area contributed by atoms with E-state index in [0.29, 0.717) is 17.8 Å². The number of anilines is 2. The van der Waals surface area contributed by atoms with Crippen LogP contribution in [0.5, 0.6) is 0 Å². The van der Waals surface area contributed by atoms with Gasteiger partial charge in [0.25, 0.3) is 5.91 Å². The first-order valence-electron chi connectivity index (χ1n) is 10.1. The van der Waals surface area contributed by atoms with Gasteiger partial charge in [-0.15, -0.1) is 0 Å². The molecule has 4 rings (SSSR count). The zero-order valence-electron chi connectivity index (χ0n) is 18.4. The number of amides is 2. The number of nitrogens with two attached hydrogens (primary N) is 1. The van der Waals surface area contributed by atoms with E-state index < -0.39 is 17.3 Å². The van der Waals surface area contributed by atoms with Crippen LogP contribution in [0.25, 0.3) is 16.8 Å². The Hall–Kier alpha value is -3.70. The summed E-state index contributed by atoms with van der Waals surface area (Å²) in [6.07, 6.45) is -0.764. The molecule has 4 heterocycles. The van der Waals surface area contributed by atoms with Crippen LogP contribution in [0.3, 0.4) is 0 Å². The topological polar surface area (TPSA) is 110 Å². The second kappa shape index (κ2) is 7.42. The lowest BCUT2D eigenvalue weighted by Gasteiger charge is -2.48. The molecule has 3 aromatic heterocycles. The number of nitrogen functional groups attached to an aromatic ring is 1. The highest BCUT2D eigenvalue weighted by atomic mass is 19.4. The van der Waals surface area contributed by atoms with Gasteiger partial charge >= 0.3 is 6.18 Å². The maximum absolute atomic E-state index is 13.7. The first-order chi connectivity index (χ1) is 15.3. The molecule has 2 amide bonds. The fourth-order valence-corrected chi connectivity index (χ4v) is 4.27. The van der Waals surface area contributed by atoms with Crippen molar-refractivity contribution in [2.24, 2.45) is 0 Å². The largest absolute Gasteiger partial charge is 0.418 e. The van der Waals surface area contributed by atoms with Crippen LogP contribution in [-0.2, 0) is 15.8 Å². The molecule has 3 aromatic rings. The Morgan fingerprint density at radius 1 is 1.24 bits per heavy atom. The number of carbonyl (C=O) groups excluding carboxylic acids is 2. The van der Waals surface area contributed by atoms with E-state index in [9.17, 15) is 22.8 Å². The highest BCUT2D eigenvalue weighted by molar-refractivity contribution is 6.03. The fourth-order valence-electron chi connectivity index (χ4n) is 4.27. The Bertz CT molecular complexity index is 1270. The Labute approximate surface area is 187 Å². The van der Waals surface area contributed by atoms with Gasteiger partial charge in [0.1, 0.15) is 17.4 Å². The molecule has 0 aromatic carbocycles. The van der Waals surface area contributed by atoms with Crippen molar-refractivity contribution in [2.45, 2.75) is 45.5 Å². The number of rotatable bonds is 2. The monoisotopic (exact) mass is 461 g/mol. The molecule has 1 aliphatic heterocycles. The number of hydrogen-bond acceptors (Lipinski definition) is 6. The van der Waals surface area contributed by atoms with E-state index in [0.717, 1.165) is 16.9 Å². The lowest BCUT2D eigenvalue weighted by molar-refractivity contribution is -0.146. The third-order valence-electron chi connectivity index (χ3n) is 5.87. The maximum Gasteiger partial charge on any atom is 0.418 e. The summed E-state index contributed by atoms with van der Waals surface area (Å²) in [4.78, 5) is 36.2. The number of nitrogens with zero attached hydrogens (tertiary/aromatic N) is 6. The number of carbonyl (C=O) groups is 2. The van der Waals surface area contributed by atoms with E-state index in [2.05, 4.69) is 15.1 Å². The average Bonchev–Trinajstić information content (AvgIpc) is 3.13. The SMILES string of the molecule is CC(=O)N1CC(C)N(c2cncc(-c3cc(C(F)(F)F)c4c(N)ncnn34)c2)C(=O)C1(C)C. The smallest absolute Gasteiger partial charge is 0.382 e. The summed E-state index contributed by atoms with van der Waals surface area (Å²) in [6.45, 7) is 6.81. The van der Waals surface area contributed by atoms with Crippen molar-refractivity contribution in [1.29, 1.82) is 0 Å². The second-order valence-corrected chi connectivity index (χ2v) is 8.49. The fraction of sp³-hybridized carbons (Fsp3) is 0.381. The summed E-state index contributed by atoms with van der Waals surface area (Å²) in [6, 6.07) is 2.13. The van der Waals surface area contributed by atoms with Crippen LogP contribution >= 0.6 is 0 Å². The van der Waals surface area contributed by atoms with E-state index in [1.807, 2.05) is 0 Å². The van der Waals surface area contributed by atoms with E-state index in [1.54, 1.807) is 26.8 Å². The summed E-state index contributed by atoms with van der Waals surface area (Å²) in [5, 5.41) is 3.95. The summed E-state index contributed by atoms with van der Waals surface area (Å²) >= 11 is 0. The third-order valence-corrected chi connectivity index (χ3v) is 5.87. The van der Waals surface area contributed by atoms with Gasteiger partial charge < -0.3 is 15.5 Å². The van der Waals surface area contributed by atoms with Crippen LogP contribution in [0.1, 0.15) is 33.3 Å². The molecule has 0 bridgehead atoms. The van der Waals surface area contributed by atoms with Crippen molar-refractivity contribution in [3.05, 3.63) is 36.4 Å². The Morgan fingerprint density at radius 3 is 2.58 bits per heavy atom. The summed E-state index contributed by atoms with van der Waals surface area (Å²) in [5.41, 5.74) is 4.10. The van der Waals surface area contributed by atoms with Crippen LogP contribution in [0, 0.1) is 0 Å². The zero-order chi connectivity index (χ0) is 24.3. The molecule has 2 N–H and O–H groups in total. The number of alkyl halides is 3. The van der Waals surface area contributed by atoms with Gasteiger partial charge in [0.2, 0.25) is 5.91 Å². The standard InChI is InChI=1S/C21H22F3N7O2/c1-11-9-29(12(2)32)20(3,4)19(33)30(11)14-5-13(7-26-8-14)16-6-15(21(22,23)24)17-18(25)27-10-28-31(16)17/h5-8,10-11H,9H2,1-4H3,(H2,25,27,28). The Kier molecular flexibility index (Phi) is 5.06. The quantitative estimate of drug-likeness (QED) is 0.629. The molecule has 1 aliphatic rings. The van der Waals surface area contributed by atoms with Gasteiger partial charge in [-0.1, -0.05) is 0 Å². The van der Waals surface area contributed by atoms with Gasteiger partial charge in [-0.2, -0.15) is 18.3 Å². The summed E-state index contributed by atoms with van der Waals surface area (Å²) in [5.74, 6) is -0.847. The van der Waals surface area contributed by atoms with E-state index >= 15 is 0 Å². The van der Waals surface area contributed by atoms with Crippen molar-refractivity contribution in [1.82, 2.24) is 24.5 Å². The molecule has 0 spiro atoms. The minimum Gasteiger partial charge on any atom is -0.382 e. The van der Waals surface area contributed by atoms with Crippen LogP contribution in [0.15, 0.2) is 30.9 Å². The lowest BCUT2D eigenvalue weighted by atomic mass is 9.94. The number of piperazine rings is 1. The van der Waals surface area contributed by atoms with E-state index in [-0.39, 0.29) is 34.9 Å². The highest BCUT2D eigenvalue weighted by Gasteiger charge is 2.46. The molecule has 12 heteroatoms. The van der Waals surface area contributed by atoms with Crippen molar-refractivity contribution >= 4 is 28.8 Å². The summed E-state index contributed by atoms with van der Waals surface area (Å²) < 4.78 is 42.0. The first kappa shape index (κ1) is 22.5. The summed E-state index contributed by atoms with van der Waals surface area (Å²) in [7, 11) is 0. The molecule has 1 unspecified atom stereocenters. The van der Waals surface area contributed by atoms with E-state index in [1.165, 1.54) is 29.1 Å². The van der Waals surface area contributed by atoms with Crippen LogP contribution in [-0.4, -0.2) is 54.4 Å². The molecular weight excluding hydrogens is 439 g/mol. The molecule has 174 valence electrons. The van der Waals surface area contributed by atoms with Crippen LogP contribution in [0.2, 0.25) is 0 Å². The maximum atomic E-state index is 13.7. The van der Waals surface area contributed by atoms with E-state index in [4.69, 9.17) is 5.73 Å². The number of fused-ring (bicyclic) bond motifs is 1. The molecule has 0 aliphatic carbocycles. The van der Waals surface area contributed by atoms with Gasteiger partial charge in [-0.25, -0.2) is 9.50 Å². The zero-order valence-corrected chi connectivity index (χ0v) is 18.4. The number of pyridine rings is 1. The molecule has 1 atom stereocenters. The number of aromatic nitrogens is 4. The van der Waals surface area contributed by atoms with Gasteiger partial charge in [-0.3, -0.25) is 14.6 Å². The molecule has 33 heavy (non-hydrogen) atoms. The third kappa shape index (κ3) is 3.55. The minimum atomic E-state index is -4.68. The molecule has 1 saturated heterocycles. The van der Waals surface area contributed by atoms with Gasteiger partial charge in [0.15, 0.2) is 5.82 Å². The molecule has 9 nitrogen and oxygen atoms in total. The molecular formula is C21H22F3N7O2. The predicted octanol–water partition coefficient (Wildman–Crippen LogP) is 2.75. The van der Waals surface area contributed by atoms with Crippen LogP contribution < -0.4 is 10.6 Å². The normalized spacial score (nSPS) is 18.8. The lowest BCUT2D eigenvalue weighted by Crippen LogP contribution is -2.67. The Balaban J connectivity index is 1.84. The molecule has 0 radical (unpaired) electrons. The second-order valence-electron chi connectivity index (χ2n) is 8.49. The van der Waals surface area contributed by atoms with Gasteiger partial charge in [0.05, 0.1) is 29.2 Å². The predicted molar refractivity (Wildman–Crippen MR) is 114 cm³/mol. The van der Waals surface area contributed by atoms with Crippen molar-refractivity contribution in [3.63, 3.8) is 0 Å². The first-order valence-corrected chi connectivity index (χ1v) is 10.1. The van der Waals surface area contributed by atoms with Crippen molar-refractivity contribution in [3.8, 4) is 11.3 Å². The Morgan fingerprint density at radius 2 is 1.94 bits per heavy atom. The molecule has 1 fully saturated rings. The van der Waals surface area contributed by atoms with Crippen LogP contribution in [0.4, 0.5) is 24.7 Å². The minimum absolute atomic E-state index is 0.0995. The highest BCUT2D eigenvalue weighted by Crippen LogP contribution is 2.39. The van der Waals surface area contributed by atoms with Crippen molar-refractivity contribution < 1.29 is 22.8 Å². The molecule has 0 saturated carbocycles. The van der Waals surface area contributed by atoms with Gasteiger partial charge in [-0.05, 0) is 32.9 Å². The average molecular weight is 461 g/mol.